The van der Waals surface area contributed by atoms with Crippen molar-refractivity contribution in [3.8, 4) is 0 Å². The van der Waals surface area contributed by atoms with Gasteiger partial charge in [-0.1, -0.05) is 0 Å². The van der Waals surface area contributed by atoms with Crippen molar-refractivity contribution < 1.29 is 60.7 Å². The van der Waals surface area contributed by atoms with E-state index < -0.39 is 39.6 Å². The standard InChI is InChI=1S/C19H31NO13S/c1-15(21)2-4-28-6-8-30-10-12-32-13-11-31-9-7-29-5-3-18(23)33-20-17(22)14-16(19(20)24)34(25,26)27/h16H,2-14H2,1H3,(H,25,26,27). The number of amides is 2. The summed E-state index contributed by atoms with van der Waals surface area (Å²) in [6.45, 7) is 4.54. The summed E-state index contributed by atoms with van der Waals surface area (Å²) in [7, 11) is -4.77. The second-order valence-corrected chi connectivity index (χ2v) is 8.56. The van der Waals surface area contributed by atoms with Crippen molar-refractivity contribution in [1.29, 1.82) is 0 Å². The number of Topliss-reactive ketones (excluding diaryl/α,β-unsaturated/α-hetero) is 1. The van der Waals surface area contributed by atoms with Crippen molar-refractivity contribution in [3.05, 3.63) is 0 Å². The van der Waals surface area contributed by atoms with Gasteiger partial charge in [0.05, 0.1) is 78.9 Å². The fourth-order valence-corrected chi connectivity index (χ4v) is 3.12. The van der Waals surface area contributed by atoms with Crippen LogP contribution in [0.1, 0.15) is 26.2 Å². The summed E-state index contributed by atoms with van der Waals surface area (Å²) in [6.07, 6.45) is -0.696. The Kier molecular flexibility index (Phi) is 14.6. The summed E-state index contributed by atoms with van der Waals surface area (Å²) < 4.78 is 57.2. The van der Waals surface area contributed by atoms with Crippen LogP contribution in [0.3, 0.4) is 0 Å². The Labute approximate surface area is 197 Å². The zero-order valence-corrected chi connectivity index (χ0v) is 19.8. The molecule has 34 heavy (non-hydrogen) atoms. The molecule has 1 aliphatic rings. The lowest BCUT2D eigenvalue weighted by molar-refractivity contribution is -0.198. The SMILES string of the molecule is CC(=O)CCOCCOCCOCCOCCOCCC(=O)ON1C(=O)CC(S(=O)(=O)O)C1=O. The molecule has 0 aromatic heterocycles. The van der Waals surface area contributed by atoms with Crippen LogP contribution < -0.4 is 0 Å². The van der Waals surface area contributed by atoms with Gasteiger partial charge in [-0.15, -0.1) is 5.06 Å². The fourth-order valence-electron chi connectivity index (χ4n) is 2.41. The summed E-state index contributed by atoms with van der Waals surface area (Å²) in [5.74, 6) is -3.26. The highest BCUT2D eigenvalue weighted by molar-refractivity contribution is 7.87. The maximum Gasteiger partial charge on any atom is 0.335 e. The Bertz CT molecular complexity index is 770. The van der Waals surface area contributed by atoms with E-state index in [1.165, 1.54) is 6.92 Å². The van der Waals surface area contributed by atoms with Crippen LogP contribution in [0.4, 0.5) is 0 Å². The number of ether oxygens (including phenoxy) is 5. The topological polar surface area (TPSA) is 181 Å². The highest BCUT2D eigenvalue weighted by atomic mass is 32.2. The molecule has 1 atom stereocenters. The molecule has 2 amide bonds. The van der Waals surface area contributed by atoms with Gasteiger partial charge in [-0.25, -0.2) is 4.79 Å². The minimum Gasteiger partial charge on any atom is -0.379 e. The van der Waals surface area contributed by atoms with Crippen LogP contribution in [0.2, 0.25) is 0 Å². The van der Waals surface area contributed by atoms with Crippen LogP contribution in [0.5, 0.6) is 0 Å². The van der Waals surface area contributed by atoms with Gasteiger partial charge in [0.15, 0.2) is 5.25 Å². The molecular formula is C19H31NO13S. The lowest BCUT2D eigenvalue weighted by Crippen LogP contribution is -2.36. The highest BCUT2D eigenvalue weighted by Gasteiger charge is 2.48. The molecule has 1 aliphatic heterocycles. The summed E-state index contributed by atoms with van der Waals surface area (Å²) in [6, 6.07) is 0. The van der Waals surface area contributed by atoms with Crippen LogP contribution in [0.15, 0.2) is 0 Å². The average Bonchev–Trinajstić information content (AvgIpc) is 3.04. The zero-order valence-electron chi connectivity index (χ0n) is 19.0. The maximum atomic E-state index is 11.7. The quantitative estimate of drug-likeness (QED) is 0.118. The number of ketones is 1. The molecule has 1 heterocycles. The van der Waals surface area contributed by atoms with E-state index in [-0.39, 0.29) is 37.1 Å². The molecule has 0 radical (unpaired) electrons. The molecule has 1 N–H and O–H groups in total. The third kappa shape index (κ3) is 13.0. The number of hydrogen-bond donors (Lipinski definition) is 1. The minimum atomic E-state index is -4.77. The Morgan fingerprint density at radius 3 is 1.62 bits per heavy atom. The van der Waals surface area contributed by atoms with E-state index >= 15 is 0 Å². The summed E-state index contributed by atoms with van der Waals surface area (Å²) in [4.78, 5) is 50.3. The molecule has 0 aromatic carbocycles. The highest BCUT2D eigenvalue weighted by Crippen LogP contribution is 2.19. The first-order chi connectivity index (χ1) is 16.1. The number of carbonyl (C=O) groups is 4. The van der Waals surface area contributed by atoms with Gasteiger partial charge in [0.1, 0.15) is 5.78 Å². The number of carbonyl (C=O) groups excluding carboxylic acids is 4. The van der Waals surface area contributed by atoms with Crippen molar-refractivity contribution in [2.75, 3.05) is 66.1 Å². The molecule has 196 valence electrons. The van der Waals surface area contributed by atoms with Crippen molar-refractivity contribution in [1.82, 2.24) is 5.06 Å². The van der Waals surface area contributed by atoms with Gasteiger partial charge in [-0.2, -0.15) is 8.42 Å². The molecule has 0 saturated carbocycles. The first-order valence-corrected chi connectivity index (χ1v) is 12.0. The number of hydrogen-bond acceptors (Lipinski definition) is 12. The molecule has 0 aliphatic carbocycles. The molecule has 14 nitrogen and oxygen atoms in total. The normalized spacial score (nSPS) is 16.3. The van der Waals surface area contributed by atoms with E-state index in [1.54, 1.807) is 0 Å². The van der Waals surface area contributed by atoms with E-state index in [0.717, 1.165) is 0 Å². The Morgan fingerprint density at radius 2 is 1.24 bits per heavy atom. The van der Waals surface area contributed by atoms with Gasteiger partial charge in [0.2, 0.25) is 0 Å². The minimum absolute atomic E-state index is 0.0412. The fraction of sp³-hybridized carbons (Fsp3) is 0.789. The molecule has 0 spiro atoms. The van der Waals surface area contributed by atoms with Gasteiger partial charge in [-0.05, 0) is 6.92 Å². The largest absolute Gasteiger partial charge is 0.379 e. The Morgan fingerprint density at radius 1 is 0.824 bits per heavy atom. The third-order valence-corrected chi connectivity index (χ3v) is 5.24. The van der Waals surface area contributed by atoms with E-state index in [9.17, 15) is 27.6 Å². The second kappa shape index (κ2) is 16.6. The van der Waals surface area contributed by atoms with Crippen molar-refractivity contribution >= 4 is 33.7 Å². The lowest BCUT2D eigenvalue weighted by atomic mass is 10.3. The van der Waals surface area contributed by atoms with Crippen molar-refractivity contribution in [2.45, 2.75) is 31.4 Å². The molecule has 1 fully saturated rings. The summed E-state index contributed by atoms with van der Waals surface area (Å²) in [5, 5.41) is -1.93. The molecular weight excluding hydrogens is 482 g/mol. The van der Waals surface area contributed by atoms with Gasteiger partial charge < -0.3 is 28.5 Å². The van der Waals surface area contributed by atoms with Gasteiger partial charge in [0.25, 0.3) is 21.9 Å². The van der Waals surface area contributed by atoms with Crippen molar-refractivity contribution in [2.24, 2.45) is 0 Å². The number of imide groups is 1. The van der Waals surface area contributed by atoms with E-state index in [0.29, 0.717) is 52.7 Å². The van der Waals surface area contributed by atoms with E-state index in [4.69, 9.17) is 28.2 Å². The number of rotatable bonds is 20. The molecule has 1 unspecified atom stereocenters. The number of nitrogens with zero attached hydrogens (tertiary/aromatic N) is 1. The average molecular weight is 514 g/mol. The maximum absolute atomic E-state index is 11.7. The van der Waals surface area contributed by atoms with Crippen LogP contribution in [-0.4, -0.2) is 113 Å². The first-order valence-electron chi connectivity index (χ1n) is 10.5. The molecule has 1 rings (SSSR count). The predicted molar refractivity (Wildman–Crippen MR) is 112 cm³/mol. The van der Waals surface area contributed by atoms with Gasteiger partial charge >= 0.3 is 5.97 Å². The molecule has 0 bridgehead atoms. The van der Waals surface area contributed by atoms with Crippen LogP contribution >= 0.6 is 0 Å². The van der Waals surface area contributed by atoms with Crippen LogP contribution in [0, 0.1) is 0 Å². The molecule has 0 aromatic rings. The smallest absolute Gasteiger partial charge is 0.335 e. The van der Waals surface area contributed by atoms with Crippen LogP contribution in [-0.2, 0) is 57.8 Å². The van der Waals surface area contributed by atoms with Crippen molar-refractivity contribution in [3.63, 3.8) is 0 Å². The van der Waals surface area contributed by atoms with Gasteiger partial charge in [-0.3, -0.25) is 18.9 Å². The third-order valence-electron chi connectivity index (χ3n) is 4.15. The predicted octanol–water partition coefficient (Wildman–Crippen LogP) is -1.09. The first kappa shape index (κ1) is 30.0. The zero-order chi connectivity index (χ0) is 25.4. The van der Waals surface area contributed by atoms with Crippen LogP contribution in [0.25, 0.3) is 0 Å². The lowest BCUT2D eigenvalue weighted by Gasteiger charge is -2.13. The van der Waals surface area contributed by atoms with E-state index in [2.05, 4.69) is 4.84 Å². The Hall–Kier alpha value is -2.01. The van der Waals surface area contributed by atoms with Gasteiger partial charge in [0, 0.05) is 6.42 Å². The second-order valence-electron chi connectivity index (χ2n) is 6.96. The monoisotopic (exact) mass is 513 g/mol. The summed E-state index contributed by atoms with van der Waals surface area (Å²) in [5.41, 5.74) is 0. The van der Waals surface area contributed by atoms with E-state index in [1.807, 2.05) is 0 Å². The molecule has 15 heteroatoms. The summed E-state index contributed by atoms with van der Waals surface area (Å²) >= 11 is 0. The Balaban J connectivity index is 1.91. The molecule has 1 saturated heterocycles. The number of hydroxylamine groups is 2.